The van der Waals surface area contributed by atoms with Crippen LogP contribution in [0.5, 0.6) is 0 Å². The van der Waals surface area contributed by atoms with E-state index in [4.69, 9.17) is 10.5 Å². The maximum absolute atomic E-state index is 12.8. The number of thioether (sulfide) groups is 1. The predicted octanol–water partition coefficient (Wildman–Crippen LogP) is 2.71. The molecule has 0 aliphatic rings. The molecule has 17 heavy (non-hydrogen) atoms. The topological polar surface area (TPSA) is 52.3 Å². The molecule has 0 atom stereocenters. The van der Waals surface area contributed by atoms with Crippen molar-refractivity contribution < 1.29 is 13.9 Å². The molecule has 0 aromatic heterocycles. The molecule has 0 unspecified atom stereocenters. The number of anilines is 1. The number of esters is 1. The Balaban J connectivity index is 2.42. The van der Waals surface area contributed by atoms with E-state index < -0.39 is 11.8 Å². The summed E-state index contributed by atoms with van der Waals surface area (Å²) in [5.41, 5.74) is 5.86. The molecule has 1 aromatic rings. The number of halogens is 1. The highest BCUT2D eigenvalue weighted by Gasteiger charge is 2.11. The van der Waals surface area contributed by atoms with Crippen molar-refractivity contribution in [3.8, 4) is 0 Å². The molecule has 0 spiro atoms. The molecule has 0 heterocycles. The summed E-state index contributed by atoms with van der Waals surface area (Å²) >= 11 is 1.80. The largest absolute Gasteiger partial charge is 0.462 e. The number of nitrogen functional groups attached to an aromatic ring is 1. The Bertz CT molecular complexity index is 385. The number of benzene rings is 1. The zero-order valence-electron chi connectivity index (χ0n) is 9.74. The number of nitrogens with two attached hydrogens (primary N) is 1. The van der Waals surface area contributed by atoms with Gasteiger partial charge in [0.25, 0.3) is 0 Å². The highest BCUT2D eigenvalue weighted by atomic mass is 32.2. The van der Waals surface area contributed by atoms with Crippen LogP contribution >= 0.6 is 11.8 Å². The average Bonchev–Trinajstić information content (AvgIpc) is 2.28. The van der Waals surface area contributed by atoms with Gasteiger partial charge in [-0.3, -0.25) is 0 Å². The molecule has 0 fully saturated rings. The van der Waals surface area contributed by atoms with Gasteiger partial charge in [-0.25, -0.2) is 9.18 Å². The highest BCUT2D eigenvalue weighted by Crippen LogP contribution is 2.14. The molecule has 1 aromatic carbocycles. The van der Waals surface area contributed by atoms with E-state index in [1.54, 1.807) is 11.8 Å². The van der Waals surface area contributed by atoms with Crippen molar-refractivity contribution in [3.63, 3.8) is 0 Å². The fraction of sp³-hybridized carbons (Fsp3) is 0.417. The van der Waals surface area contributed by atoms with Gasteiger partial charge in [-0.05, 0) is 36.1 Å². The summed E-state index contributed by atoms with van der Waals surface area (Å²) in [7, 11) is 0. The van der Waals surface area contributed by atoms with Crippen LogP contribution in [0.4, 0.5) is 10.1 Å². The van der Waals surface area contributed by atoms with Crippen LogP contribution in [0.3, 0.4) is 0 Å². The quantitative estimate of drug-likeness (QED) is 0.483. The van der Waals surface area contributed by atoms with Crippen molar-refractivity contribution in [1.29, 1.82) is 0 Å². The third-order valence-electron chi connectivity index (χ3n) is 2.10. The molecule has 0 bridgehead atoms. The van der Waals surface area contributed by atoms with Crippen molar-refractivity contribution in [3.05, 3.63) is 29.6 Å². The Morgan fingerprint density at radius 2 is 2.29 bits per heavy atom. The molecule has 0 saturated carbocycles. The second-order valence-electron chi connectivity index (χ2n) is 3.42. The lowest BCUT2D eigenvalue weighted by Gasteiger charge is -2.06. The molecule has 0 aliphatic heterocycles. The number of hydrogen-bond donors (Lipinski definition) is 1. The van der Waals surface area contributed by atoms with Crippen LogP contribution in [-0.4, -0.2) is 24.1 Å². The Hall–Kier alpha value is -1.23. The average molecular weight is 257 g/mol. The van der Waals surface area contributed by atoms with Gasteiger partial charge in [0.1, 0.15) is 5.82 Å². The second-order valence-corrected chi connectivity index (χ2v) is 4.81. The monoisotopic (exact) mass is 257 g/mol. The normalized spacial score (nSPS) is 10.2. The van der Waals surface area contributed by atoms with Crippen molar-refractivity contribution in [2.75, 3.05) is 23.8 Å². The van der Waals surface area contributed by atoms with Gasteiger partial charge in [0.2, 0.25) is 0 Å². The number of rotatable bonds is 6. The van der Waals surface area contributed by atoms with Crippen LogP contribution in [0.15, 0.2) is 18.2 Å². The third kappa shape index (κ3) is 4.65. The number of hydrogen-bond acceptors (Lipinski definition) is 4. The summed E-state index contributed by atoms with van der Waals surface area (Å²) in [6, 6.07) is 3.65. The van der Waals surface area contributed by atoms with Gasteiger partial charge in [0.15, 0.2) is 0 Å². The minimum Gasteiger partial charge on any atom is -0.462 e. The number of carbonyl (C=O) groups excluding carboxylic acids is 1. The van der Waals surface area contributed by atoms with Crippen LogP contribution in [0.25, 0.3) is 0 Å². The number of carbonyl (C=O) groups is 1. The van der Waals surface area contributed by atoms with Crippen LogP contribution in [-0.2, 0) is 4.74 Å². The van der Waals surface area contributed by atoms with Gasteiger partial charge in [-0.2, -0.15) is 11.8 Å². The first-order valence-electron chi connectivity index (χ1n) is 5.45. The molecule has 94 valence electrons. The van der Waals surface area contributed by atoms with E-state index in [0.29, 0.717) is 6.61 Å². The van der Waals surface area contributed by atoms with Crippen LogP contribution in [0.1, 0.15) is 23.7 Å². The summed E-state index contributed by atoms with van der Waals surface area (Å²) in [5.74, 6) is 1.06. The summed E-state index contributed by atoms with van der Waals surface area (Å²) in [6.07, 6.45) is 0.811. The van der Waals surface area contributed by atoms with E-state index in [0.717, 1.165) is 24.0 Å². The Morgan fingerprint density at radius 1 is 1.53 bits per heavy atom. The van der Waals surface area contributed by atoms with E-state index in [-0.39, 0.29) is 11.3 Å². The lowest BCUT2D eigenvalue weighted by Crippen LogP contribution is -2.09. The lowest BCUT2D eigenvalue weighted by molar-refractivity contribution is 0.0507. The first kappa shape index (κ1) is 13.8. The van der Waals surface area contributed by atoms with Crippen molar-refractivity contribution >= 4 is 23.4 Å². The Labute approximate surface area is 105 Å². The summed E-state index contributed by atoms with van der Waals surface area (Å²) < 4.78 is 17.8. The van der Waals surface area contributed by atoms with Crippen LogP contribution in [0.2, 0.25) is 0 Å². The standard InChI is InChI=1S/C12H16FNO2S/c1-2-17-7-3-6-16-12(15)10-5-4-9(13)8-11(10)14/h4-5,8H,2-3,6-7,14H2,1H3. The van der Waals surface area contributed by atoms with Crippen molar-refractivity contribution in [2.45, 2.75) is 13.3 Å². The SMILES string of the molecule is CCSCCCOC(=O)c1ccc(F)cc1N. The van der Waals surface area contributed by atoms with Gasteiger partial charge >= 0.3 is 5.97 Å². The summed E-state index contributed by atoms with van der Waals surface area (Å²) in [4.78, 5) is 11.6. The van der Waals surface area contributed by atoms with Crippen molar-refractivity contribution in [2.24, 2.45) is 0 Å². The summed E-state index contributed by atoms with van der Waals surface area (Å²) in [5, 5.41) is 0. The van der Waals surface area contributed by atoms with E-state index in [9.17, 15) is 9.18 Å². The zero-order chi connectivity index (χ0) is 12.7. The third-order valence-corrected chi connectivity index (χ3v) is 3.09. The molecule has 3 nitrogen and oxygen atoms in total. The fourth-order valence-electron chi connectivity index (χ4n) is 1.27. The molecular weight excluding hydrogens is 241 g/mol. The maximum Gasteiger partial charge on any atom is 0.340 e. The fourth-order valence-corrected chi connectivity index (χ4v) is 1.88. The first-order valence-corrected chi connectivity index (χ1v) is 6.60. The molecule has 0 aliphatic carbocycles. The van der Waals surface area contributed by atoms with Crippen LogP contribution < -0.4 is 5.73 Å². The first-order chi connectivity index (χ1) is 8.15. The van der Waals surface area contributed by atoms with Gasteiger partial charge in [0.05, 0.1) is 12.2 Å². The smallest absolute Gasteiger partial charge is 0.340 e. The molecule has 0 amide bonds. The molecule has 5 heteroatoms. The Kier molecular flexibility index (Phi) is 5.83. The van der Waals surface area contributed by atoms with E-state index >= 15 is 0 Å². The van der Waals surface area contributed by atoms with Gasteiger partial charge in [-0.15, -0.1) is 0 Å². The Morgan fingerprint density at radius 3 is 2.94 bits per heavy atom. The maximum atomic E-state index is 12.8. The minimum absolute atomic E-state index is 0.109. The van der Waals surface area contributed by atoms with E-state index in [1.165, 1.54) is 12.1 Å². The van der Waals surface area contributed by atoms with Crippen LogP contribution in [0, 0.1) is 5.82 Å². The van der Waals surface area contributed by atoms with Crippen molar-refractivity contribution in [1.82, 2.24) is 0 Å². The second kappa shape index (κ2) is 7.17. The highest BCUT2D eigenvalue weighted by molar-refractivity contribution is 7.99. The van der Waals surface area contributed by atoms with E-state index in [2.05, 4.69) is 6.92 Å². The van der Waals surface area contributed by atoms with Gasteiger partial charge < -0.3 is 10.5 Å². The van der Waals surface area contributed by atoms with Gasteiger partial charge in [-0.1, -0.05) is 6.92 Å². The number of ether oxygens (including phenoxy) is 1. The zero-order valence-corrected chi connectivity index (χ0v) is 10.6. The molecule has 0 saturated heterocycles. The molecule has 0 radical (unpaired) electrons. The molecule has 1 rings (SSSR count). The predicted molar refractivity (Wildman–Crippen MR) is 68.7 cm³/mol. The van der Waals surface area contributed by atoms with E-state index in [1.807, 2.05) is 0 Å². The lowest BCUT2D eigenvalue weighted by atomic mass is 10.2. The summed E-state index contributed by atoms with van der Waals surface area (Å²) in [6.45, 7) is 2.44. The minimum atomic E-state index is -0.496. The molecular formula is C12H16FNO2S. The van der Waals surface area contributed by atoms with Gasteiger partial charge in [0, 0.05) is 5.69 Å². The molecule has 2 N–H and O–H groups in total.